The van der Waals surface area contributed by atoms with Crippen LogP contribution in [0.2, 0.25) is 5.15 Å². The summed E-state index contributed by atoms with van der Waals surface area (Å²) < 4.78 is 0. The van der Waals surface area contributed by atoms with Crippen LogP contribution in [0.1, 0.15) is 10.5 Å². The molecule has 1 amide bonds. The maximum Gasteiger partial charge on any atom is 0.278 e. The highest BCUT2D eigenvalue weighted by molar-refractivity contribution is 6.29. The summed E-state index contributed by atoms with van der Waals surface area (Å²) in [6, 6.07) is 3.47. The molecule has 2 aromatic heterocycles. The quantitative estimate of drug-likeness (QED) is 0.813. The zero-order chi connectivity index (χ0) is 12.3. The molecule has 0 atom stereocenters. The minimum atomic E-state index is -0.250. The van der Waals surface area contributed by atoms with E-state index in [4.69, 9.17) is 11.6 Å². The maximum atomic E-state index is 12.0. The molecule has 6 heteroatoms. The molecule has 0 aliphatic carbocycles. The number of nitrogens with zero attached hydrogens (tertiary/aromatic N) is 4. The highest BCUT2D eigenvalue weighted by atomic mass is 35.5. The molecule has 0 radical (unpaired) electrons. The molecule has 17 heavy (non-hydrogen) atoms. The van der Waals surface area contributed by atoms with E-state index >= 15 is 0 Å². The molecular weight excluding hydrogens is 240 g/mol. The van der Waals surface area contributed by atoms with Gasteiger partial charge in [0.15, 0.2) is 0 Å². The summed E-state index contributed by atoms with van der Waals surface area (Å²) in [6.45, 7) is 0. The van der Waals surface area contributed by atoms with E-state index in [0.717, 1.165) is 5.69 Å². The van der Waals surface area contributed by atoms with Gasteiger partial charge < -0.3 is 4.90 Å². The van der Waals surface area contributed by atoms with Gasteiger partial charge in [-0.15, -0.1) is 0 Å². The number of rotatable bonds is 2. The number of amides is 1. The van der Waals surface area contributed by atoms with Gasteiger partial charge in [-0.1, -0.05) is 11.6 Å². The van der Waals surface area contributed by atoms with Gasteiger partial charge in [-0.2, -0.15) is 0 Å². The monoisotopic (exact) mass is 248 g/mol. The second-order valence-corrected chi connectivity index (χ2v) is 3.68. The minimum absolute atomic E-state index is 0.244. The average molecular weight is 249 g/mol. The number of carbonyl (C=O) groups excluding carboxylic acids is 1. The van der Waals surface area contributed by atoms with Crippen molar-refractivity contribution in [3.63, 3.8) is 0 Å². The molecular formula is C11H9ClN4O. The summed E-state index contributed by atoms with van der Waals surface area (Å²) in [6.07, 6.45) is 5.93. The minimum Gasteiger partial charge on any atom is -0.310 e. The predicted octanol–water partition coefficient (Wildman–Crippen LogP) is 1.80. The Morgan fingerprint density at radius 1 is 1.24 bits per heavy atom. The van der Waals surface area contributed by atoms with Crippen LogP contribution in [0.25, 0.3) is 0 Å². The first-order chi connectivity index (χ1) is 8.18. The van der Waals surface area contributed by atoms with Crippen molar-refractivity contribution in [1.29, 1.82) is 0 Å². The van der Waals surface area contributed by atoms with Crippen molar-refractivity contribution >= 4 is 23.2 Å². The standard InChI is InChI=1S/C11H9ClN4O/c1-16(8-2-4-13-5-3-8)11(17)9-6-15-10(12)7-14-9/h2-7H,1H3. The molecule has 2 rings (SSSR count). The lowest BCUT2D eigenvalue weighted by Crippen LogP contribution is -2.27. The van der Waals surface area contributed by atoms with Crippen LogP contribution >= 0.6 is 11.6 Å². The topological polar surface area (TPSA) is 59.0 Å². The third-order valence-corrected chi connectivity index (χ3v) is 2.39. The second-order valence-electron chi connectivity index (χ2n) is 3.29. The van der Waals surface area contributed by atoms with Crippen molar-refractivity contribution in [3.05, 3.63) is 47.8 Å². The Kier molecular flexibility index (Phi) is 3.30. The van der Waals surface area contributed by atoms with Gasteiger partial charge in [0, 0.05) is 25.1 Å². The van der Waals surface area contributed by atoms with Gasteiger partial charge in [0.2, 0.25) is 0 Å². The lowest BCUT2D eigenvalue weighted by Gasteiger charge is -2.15. The van der Waals surface area contributed by atoms with Crippen LogP contribution in [0.15, 0.2) is 36.9 Å². The van der Waals surface area contributed by atoms with E-state index in [1.165, 1.54) is 17.3 Å². The molecule has 0 aromatic carbocycles. The number of halogens is 1. The zero-order valence-electron chi connectivity index (χ0n) is 9.04. The molecule has 0 N–H and O–H groups in total. The number of carbonyl (C=O) groups is 1. The van der Waals surface area contributed by atoms with Gasteiger partial charge in [-0.3, -0.25) is 9.78 Å². The predicted molar refractivity (Wildman–Crippen MR) is 64.0 cm³/mol. The lowest BCUT2D eigenvalue weighted by atomic mass is 10.3. The van der Waals surface area contributed by atoms with Gasteiger partial charge >= 0.3 is 0 Å². The fraction of sp³-hybridized carbons (Fsp3) is 0.0909. The number of anilines is 1. The third-order valence-electron chi connectivity index (χ3n) is 2.19. The first-order valence-corrected chi connectivity index (χ1v) is 5.22. The van der Waals surface area contributed by atoms with Crippen molar-refractivity contribution < 1.29 is 4.79 Å². The Bertz CT molecular complexity index is 515. The van der Waals surface area contributed by atoms with Crippen LogP contribution in [0.4, 0.5) is 5.69 Å². The van der Waals surface area contributed by atoms with Gasteiger partial charge in [0.25, 0.3) is 5.91 Å². The Balaban J connectivity index is 2.23. The molecule has 0 aliphatic heterocycles. The van der Waals surface area contributed by atoms with Crippen molar-refractivity contribution in [2.24, 2.45) is 0 Å². The third kappa shape index (κ3) is 2.57. The molecule has 0 spiro atoms. The van der Waals surface area contributed by atoms with Crippen molar-refractivity contribution in [2.75, 3.05) is 11.9 Å². The van der Waals surface area contributed by atoms with Crippen molar-refractivity contribution in [2.45, 2.75) is 0 Å². The van der Waals surface area contributed by atoms with Gasteiger partial charge in [-0.05, 0) is 12.1 Å². The number of hydrogen-bond donors (Lipinski definition) is 0. The molecule has 2 aromatic rings. The molecule has 0 aliphatic rings. The summed E-state index contributed by atoms with van der Waals surface area (Å²) >= 11 is 5.61. The van der Waals surface area contributed by atoms with Crippen LogP contribution in [-0.2, 0) is 0 Å². The highest BCUT2D eigenvalue weighted by Gasteiger charge is 2.14. The van der Waals surface area contributed by atoms with E-state index in [1.54, 1.807) is 31.6 Å². The molecule has 0 unspecified atom stereocenters. The lowest BCUT2D eigenvalue weighted by molar-refractivity contribution is 0.0988. The molecule has 2 heterocycles. The Hall–Kier alpha value is -2.01. The molecule has 0 saturated carbocycles. The van der Waals surface area contributed by atoms with Crippen LogP contribution in [0, 0.1) is 0 Å². The molecule has 0 bridgehead atoms. The van der Waals surface area contributed by atoms with Crippen LogP contribution < -0.4 is 4.90 Å². The SMILES string of the molecule is CN(C(=O)c1cnc(Cl)cn1)c1ccncc1. The van der Waals surface area contributed by atoms with Gasteiger partial charge in [0.05, 0.1) is 12.4 Å². The number of hydrogen-bond acceptors (Lipinski definition) is 4. The van der Waals surface area contributed by atoms with Gasteiger partial charge in [0.1, 0.15) is 10.8 Å². The summed E-state index contributed by atoms with van der Waals surface area (Å²) in [5, 5.41) is 0.258. The number of aromatic nitrogens is 3. The summed E-state index contributed by atoms with van der Waals surface area (Å²) in [4.78, 5) is 25.1. The molecule has 86 valence electrons. The average Bonchev–Trinajstić information content (AvgIpc) is 2.39. The Labute approximate surface area is 103 Å². The van der Waals surface area contributed by atoms with E-state index in [-0.39, 0.29) is 16.8 Å². The maximum absolute atomic E-state index is 12.0. The summed E-state index contributed by atoms with van der Waals surface area (Å²) in [7, 11) is 1.66. The first kappa shape index (κ1) is 11.5. The smallest absolute Gasteiger partial charge is 0.278 e. The first-order valence-electron chi connectivity index (χ1n) is 4.84. The normalized spacial score (nSPS) is 10.0. The highest BCUT2D eigenvalue weighted by Crippen LogP contribution is 2.13. The fourth-order valence-electron chi connectivity index (χ4n) is 1.28. The Morgan fingerprint density at radius 3 is 2.53 bits per heavy atom. The molecule has 5 nitrogen and oxygen atoms in total. The van der Waals surface area contributed by atoms with E-state index in [0.29, 0.717) is 0 Å². The van der Waals surface area contributed by atoms with E-state index in [1.807, 2.05) is 0 Å². The van der Waals surface area contributed by atoms with Crippen molar-refractivity contribution in [3.8, 4) is 0 Å². The van der Waals surface area contributed by atoms with Crippen LogP contribution in [0.3, 0.4) is 0 Å². The van der Waals surface area contributed by atoms with Crippen LogP contribution in [0.5, 0.6) is 0 Å². The van der Waals surface area contributed by atoms with E-state index in [2.05, 4.69) is 15.0 Å². The molecule has 0 fully saturated rings. The summed E-state index contributed by atoms with van der Waals surface area (Å²) in [5.41, 5.74) is 0.982. The largest absolute Gasteiger partial charge is 0.310 e. The number of pyridine rings is 1. The fourth-order valence-corrected chi connectivity index (χ4v) is 1.38. The summed E-state index contributed by atoms with van der Waals surface area (Å²) in [5.74, 6) is -0.250. The van der Waals surface area contributed by atoms with Gasteiger partial charge in [-0.25, -0.2) is 9.97 Å². The Morgan fingerprint density at radius 2 is 1.94 bits per heavy atom. The second kappa shape index (κ2) is 4.88. The van der Waals surface area contributed by atoms with Crippen molar-refractivity contribution in [1.82, 2.24) is 15.0 Å². The van der Waals surface area contributed by atoms with E-state index in [9.17, 15) is 4.79 Å². The van der Waals surface area contributed by atoms with E-state index < -0.39 is 0 Å². The van der Waals surface area contributed by atoms with Crippen LogP contribution in [-0.4, -0.2) is 27.9 Å². The molecule has 0 saturated heterocycles. The zero-order valence-corrected chi connectivity index (χ0v) is 9.80.